The van der Waals surface area contributed by atoms with Crippen LogP contribution in [0.5, 0.6) is 0 Å². The van der Waals surface area contributed by atoms with E-state index in [1.54, 1.807) is 37.3 Å². The van der Waals surface area contributed by atoms with Gasteiger partial charge in [0.25, 0.3) is 0 Å². The summed E-state index contributed by atoms with van der Waals surface area (Å²) in [6, 6.07) is -0.564. The number of nitrogens with zero attached hydrogens (tertiary/aromatic N) is 2. The fourth-order valence-corrected chi connectivity index (χ4v) is 3.90. The third-order valence-corrected chi connectivity index (χ3v) is 5.79. The molecule has 1 amide bonds. The average Bonchev–Trinajstić information content (AvgIpc) is 2.79. The molecule has 0 spiro atoms. The number of aromatic nitrogens is 1. The average molecular weight is 391 g/mol. The van der Waals surface area contributed by atoms with Crippen molar-refractivity contribution in [1.29, 1.82) is 0 Å². The van der Waals surface area contributed by atoms with Gasteiger partial charge in [-0.2, -0.15) is 0 Å². The van der Waals surface area contributed by atoms with Crippen LogP contribution in [0.3, 0.4) is 0 Å². The number of ketones is 1. The Bertz CT molecular complexity index is 759. The molecule has 0 bridgehead atoms. The quantitative estimate of drug-likeness (QED) is 0.502. The maximum absolute atomic E-state index is 13.4. The van der Waals surface area contributed by atoms with Gasteiger partial charge in [-0.1, -0.05) is 20.3 Å². The van der Waals surface area contributed by atoms with Crippen molar-refractivity contribution in [3.05, 3.63) is 22.5 Å². The van der Waals surface area contributed by atoms with Crippen LogP contribution in [0.1, 0.15) is 79.1 Å². The molecule has 1 aromatic rings. The van der Waals surface area contributed by atoms with Gasteiger partial charge < -0.3 is 14.2 Å². The molecular formula is C22H34N2O4. The fraction of sp³-hybridized carbons (Fsp3) is 0.682. The summed E-state index contributed by atoms with van der Waals surface area (Å²) in [5.74, 6) is -0.150. The number of Topliss-reactive ketones (excluding diaryl/α,β-unsaturated/α-hetero) is 1. The molecule has 0 aliphatic heterocycles. The summed E-state index contributed by atoms with van der Waals surface area (Å²) < 4.78 is 6.87. The molecule has 1 unspecified atom stereocenters. The lowest BCUT2D eigenvalue weighted by Gasteiger charge is -2.36. The second kappa shape index (κ2) is 8.93. The highest BCUT2D eigenvalue weighted by Crippen LogP contribution is 2.31. The predicted molar refractivity (Wildman–Crippen MR) is 109 cm³/mol. The van der Waals surface area contributed by atoms with Crippen molar-refractivity contribution < 1.29 is 19.1 Å². The number of esters is 1. The van der Waals surface area contributed by atoms with Crippen LogP contribution in [-0.2, 0) is 16.6 Å². The van der Waals surface area contributed by atoms with Gasteiger partial charge in [0.05, 0.1) is 12.6 Å². The SMILES string of the molecule is CCOC(=O)c1c(C)c(C(=O)C(C)N(CC(C)C)C(=O)C2CCC2)c(C)n1C. The second-order valence-electron chi connectivity index (χ2n) is 8.27. The standard InChI is InChI=1S/C22H34N2O4/c1-8-28-22(27)19-14(4)18(15(5)23(19)7)20(25)16(6)24(12-13(2)3)21(26)17-10-9-11-17/h13,16-17H,8-12H2,1-7H3. The van der Waals surface area contributed by atoms with Gasteiger partial charge in [0, 0.05) is 30.8 Å². The van der Waals surface area contributed by atoms with E-state index in [1.165, 1.54) is 0 Å². The number of carbonyl (C=O) groups is 3. The number of hydrogen-bond acceptors (Lipinski definition) is 4. The largest absolute Gasteiger partial charge is 0.461 e. The maximum Gasteiger partial charge on any atom is 0.355 e. The van der Waals surface area contributed by atoms with Crippen LogP contribution in [0.25, 0.3) is 0 Å². The lowest BCUT2D eigenvalue weighted by atomic mass is 9.83. The Morgan fingerprint density at radius 2 is 1.79 bits per heavy atom. The molecule has 6 nitrogen and oxygen atoms in total. The minimum Gasteiger partial charge on any atom is -0.461 e. The minimum atomic E-state index is -0.564. The molecular weight excluding hydrogens is 356 g/mol. The molecule has 0 N–H and O–H groups in total. The number of ether oxygens (including phenoxy) is 1. The third kappa shape index (κ3) is 4.15. The first kappa shape index (κ1) is 22.2. The Morgan fingerprint density at radius 1 is 1.18 bits per heavy atom. The van der Waals surface area contributed by atoms with Crippen molar-refractivity contribution >= 4 is 17.7 Å². The zero-order valence-electron chi connectivity index (χ0n) is 18.3. The topological polar surface area (TPSA) is 68.6 Å². The Hall–Kier alpha value is -2.11. The van der Waals surface area contributed by atoms with Crippen LogP contribution in [0.2, 0.25) is 0 Å². The number of amides is 1. The monoisotopic (exact) mass is 390 g/mol. The van der Waals surface area contributed by atoms with E-state index in [0.29, 0.717) is 23.4 Å². The van der Waals surface area contributed by atoms with Crippen LogP contribution in [0.4, 0.5) is 0 Å². The van der Waals surface area contributed by atoms with Crippen LogP contribution < -0.4 is 0 Å². The number of hydrogen-bond donors (Lipinski definition) is 0. The summed E-state index contributed by atoms with van der Waals surface area (Å²) >= 11 is 0. The fourth-order valence-electron chi connectivity index (χ4n) is 3.90. The molecule has 156 valence electrons. The molecule has 1 fully saturated rings. The normalized spacial score (nSPS) is 15.3. The molecule has 1 aliphatic carbocycles. The molecule has 28 heavy (non-hydrogen) atoms. The second-order valence-corrected chi connectivity index (χ2v) is 8.27. The Balaban J connectivity index is 2.38. The van der Waals surface area contributed by atoms with Crippen molar-refractivity contribution in [3.8, 4) is 0 Å². The molecule has 1 aliphatic rings. The van der Waals surface area contributed by atoms with E-state index in [-0.39, 0.29) is 30.1 Å². The molecule has 1 saturated carbocycles. The van der Waals surface area contributed by atoms with Crippen molar-refractivity contribution in [1.82, 2.24) is 9.47 Å². The van der Waals surface area contributed by atoms with Gasteiger partial charge in [-0.15, -0.1) is 0 Å². The van der Waals surface area contributed by atoms with Crippen LogP contribution >= 0.6 is 0 Å². The smallest absolute Gasteiger partial charge is 0.355 e. The number of rotatable bonds is 8. The van der Waals surface area contributed by atoms with Gasteiger partial charge >= 0.3 is 5.97 Å². The van der Waals surface area contributed by atoms with Gasteiger partial charge in [-0.3, -0.25) is 9.59 Å². The lowest BCUT2D eigenvalue weighted by molar-refractivity contribution is -0.140. The zero-order valence-corrected chi connectivity index (χ0v) is 18.3. The summed E-state index contributed by atoms with van der Waals surface area (Å²) in [5.41, 5.74) is 2.26. The minimum absolute atomic E-state index is 0.0436. The van der Waals surface area contributed by atoms with E-state index >= 15 is 0 Å². The van der Waals surface area contributed by atoms with Crippen molar-refractivity contribution in [2.24, 2.45) is 18.9 Å². The first-order valence-corrected chi connectivity index (χ1v) is 10.3. The van der Waals surface area contributed by atoms with Gasteiger partial charge in [-0.05, 0) is 52.0 Å². The van der Waals surface area contributed by atoms with Gasteiger partial charge in [0.15, 0.2) is 5.78 Å². The molecule has 6 heteroatoms. The van der Waals surface area contributed by atoms with E-state index in [4.69, 9.17) is 4.74 Å². The summed E-state index contributed by atoms with van der Waals surface area (Å²) in [6.45, 7) is 12.1. The summed E-state index contributed by atoms with van der Waals surface area (Å²) in [7, 11) is 1.77. The first-order chi connectivity index (χ1) is 13.1. The highest BCUT2D eigenvalue weighted by atomic mass is 16.5. The predicted octanol–water partition coefficient (Wildman–Crippen LogP) is 3.67. The molecule has 1 aromatic heterocycles. The summed E-state index contributed by atoms with van der Waals surface area (Å²) in [4.78, 5) is 40.5. The summed E-state index contributed by atoms with van der Waals surface area (Å²) in [5, 5.41) is 0. The van der Waals surface area contributed by atoms with Crippen molar-refractivity contribution in [2.75, 3.05) is 13.2 Å². The van der Waals surface area contributed by atoms with E-state index in [9.17, 15) is 14.4 Å². The molecule has 0 saturated heterocycles. The van der Waals surface area contributed by atoms with Crippen LogP contribution in [-0.4, -0.2) is 46.3 Å². The molecule has 0 aromatic carbocycles. The maximum atomic E-state index is 13.4. The Labute approximate surface area is 168 Å². The van der Waals surface area contributed by atoms with Gasteiger partial charge in [0.2, 0.25) is 5.91 Å². The van der Waals surface area contributed by atoms with Gasteiger partial charge in [-0.25, -0.2) is 4.79 Å². The van der Waals surface area contributed by atoms with E-state index in [0.717, 1.165) is 25.0 Å². The lowest BCUT2D eigenvalue weighted by Crippen LogP contribution is -2.49. The number of carbonyl (C=O) groups excluding carboxylic acids is 3. The van der Waals surface area contributed by atoms with E-state index in [2.05, 4.69) is 13.8 Å². The highest BCUT2D eigenvalue weighted by Gasteiger charge is 2.36. The third-order valence-electron chi connectivity index (χ3n) is 5.79. The molecule has 1 heterocycles. The highest BCUT2D eigenvalue weighted by molar-refractivity contribution is 6.06. The van der Waals surface area contributed by atoms with Gasteiger partial charge in [0.1, 0.15) is 5.69 Å². The Morgan fingerprint density at radius 3 is 2.25 bits per heavy atom. The van der Waals surface area contributed by atoms with Crippen LogP contribution in [0.15, 0.2) is 0 Å². The Kier molecular flexibility index (Phi) is 7.07. The van der Waals surface area contributed by atoms with E-state index in [1.807, 2.05) is 6.92 Å². The molecule has 0 radical (unpaired) electrons. The first-order valence-electron chi connectivity index (χ1n) is 10.3. The summed E-state index contributed by atoms with van der Waals surface area (Å²) in [6.07, 6.45) is 2.89. The zero-order chi connectivity index (χ0) is 21.2. The molecule has 1 atom stereocenters. The molecule has 2 rings (SSSR count). The van der Waals surface area contributed by atoms with Crippen LogP contribution in [0, 0.1) is 25.7 Å². The van der Waals surface area contributed by atoms with Crippen molar-refractivity contribution in [2.45, 2.75) is 66.8 Å². The van der Waals surface area contributed by atoms with E-state index < -0.39 is 12.0 Å². The van der Waals surface area contributed by atoms with Crippen molar-refractivity contribution in [3.63, 3.8) is 0 Å².